The van der Waals surface area contributed by atoms with Gasteiger partial charge in [-0.2, -0.15) is 0 Å². The summed E-state index contributed by atoms with van der Waals surface area (Å²) in [5, 5.41) is 1.53. The van der Waals surface area contributed by atoms with Gasteiger partial charge in [-0.25, -0.2) is 5.06 Å². The summed E-state index contributed by atoms with van der Waals surface area (Å²) in [5.41, 5.74) is 1.87. The van der Waals surface area contributed by atoms with Crippen LogP contribution in [-0.2, 0) is 11.4 Å². The average molecular weight is 217 g/mol. The number of nitrogens with zero attached hydrogens (tertiary/aromatic N) is 1. The molecule has 0 spiro atoms. The molecule has 1 aromatic carbocycles. The highest BCUT2D eigenvalue weighted by molar-refractivity contribution is 5.97. The molecule has 2 aliphatic rings. The molecule has 0 radical (unpaired) electrons. The van der Waals surface area contributed by atoms with E-state index in [1.807, 2.05) is 24.3 Å². The summed E-state index contributed by atoms with van der Waals surface area (Å²) in [6, 6.07) is 7.72. The maximum absolute atomic E-state index is 12.0. The fourth-order valence-corrected chi connectivity index (χ4v) is 2.49. The van der Waals surface area contributed by atoms with Gasteiger partial charge in [-0.1, -0.05) is 31.0 Å². The van der Waals surface area contributed by atoms with Crippen molar-refractivity contribution in [3.8, 4) is 0 Å². The summed E-state index contributed by atoms with van der Waals surface area (Å²) in [6.07, 6.45) is 4.86. The van der Waals surface area contributed by atoms with Gasteiger partial charge in [0, 0.05) is 5.56 Å². The fraction of sp³-hybridized carbons (Fsp3) is 0.462. The first-order valence-corrected chi connectivity index (χ1v) is 5.91. The van der Waals surface area contributed by atoms with Crippen LogP contribution in [0, 0.1) is 0 Å². The molecule has 1 aliphatic heterocycles. The fourth-order valence-electron chi connectivity index (χ4n) is 2.49. The van der Waals surface area contributed by atoms with Crippen LogP contribution in [0.2, 0.25) is 0 Å². The van der Waals surface area contributed by atoms with Gasteiger partial charge in [0.05, 0.1) is 12.6 Å². The first-order chi connectivity index (χ1) is 7.84. The van der Waals surface area contributed by atoms with Crippen molar-refractivity contribution in [2.75, 3.05) is 0 Å². The zero-order valence-corrected chi connectivity index (χ0v) is 9.19. The van der Waals surface area contributed by atoms with Crippen LogP contribution < -0.4 is 0 Å². The third-order valence-corrected chi connectivity index (χ3v) is 3.37. The Morgan fingerprint density at radius 2 is 1.94 bits per heavy atom. The predicted molar refractivity (Wildman–Crippen MR) is 59.7 cm³/mol. The number of hydrogen-bond donors (Lipinski definition) is 0. The molecule has 1 amide bonds. The number of benzene rings is 1. The topological polar surface area (TPSA) is 29.5 Å². The van der Waals surface area contributed by atoms with Gasteiger partial charge in [0.2, 0.25) is 0 Å². The lowest BCUT2D eigenvalue weighted by atomic mass is 10.1. The summed E-state index contributed by atoms with van der Waals surface area (Å²) >= 11 is 0. The van der Waals surface area contributed by atoms with E-state index in [1.54, 1.807) is 0 Å². The predicted octanol–water partition coefficient (Wildman–Crippen LogP) is 2.52. The Morgan fingerprint density at radius 3 is 2.69 bits per heavy atom. The first kappa shape index (κ1) is 9.85. The zero-order chi connectivity index (χ0) is 11.0. The van der Waals surface area contributed by atoms with E-state index in [0.717, 1.165) is 24.0 Å². The number of carbonyl (C=O) groups excluding carboxylic acids is 1. The smallest absolute Gasteiger partial charge is 0.267 e. The zero-order valence-electron chi connectivity index (χ0n) is 9.19. The van der Waals surface area contributed by atoms with Crippen LogP contribution >= 0.6 is 0 Å². The van der Waals surface area contributed by atoms with Crippen molar-refractivity contribution in [3.05, 3.63) is 35.4 Å². The van der Waals surface area contributed by atoms with Gasteiger partial charge in [-0.05, 0) is 24.5 Å². The van der Waals surface area contributed by atoms with Crippen molar-refractivity contribution < 1.29 is 9.63 Å². The Morgan fingerprint density at radius 1 is 1.19 bits per heavy atom. The van der Waals surface area contributed by atoms with E-state index < -0.39 is 0 Å². The SMILES string of the molecule is O=C1c2ccccc2CN1OC1CCCC1. The molecule has 3 rings (SSSR count). The number of hydroxylamine groups is 2. The molecule has 84 valence electrons. The Hall–Kier alpha value is -1.35. The van der Waals surface area contributed by atoms with Crippen LogP contribution in [0.15, 0.2) is 24.3 Å². The van der Waals surface area contributed by atoms with E-state index in [-0.39, 0.29) is 12.0 Å². The van der Waals surface area contributed by atoms with Gasteiger partial charge in [0.25, 0.3) is 5.91 Å². The second-order valence-corrected chi connectivity index (χ2v) is 4.51. The number of fused-ring (bicyclic) bond motifs is 1. The van der Waals surface area contributed by atoms with Crippen LogP contribution in [0.3, 0.4) is 0 Å². The van der Waals surface area contributed by atoms with E-state index in [0.29, 0.717) is 6.54 Å². The lowest BCUT2D eigenvalue weighted by molar-refractivity contribution is -0.162. The minimum atomic E-state index is 0.0162. The van der Waals surface area contributed by atoms with Gasteiger partial charge in [0.15, 0.2) is 0 Å². The lowest BCUT2D eigenvalue weighted by Crippen LogP contribution is -2.28. The maximum Gasteiger partial charge on any atom is 0.278 e. The highest BCUT2D eigenvalue weighted by Crippen LogP contribution is 2.27. The van der Waals surface area contributed by atoms with Crippen molar-refractivity contribution in [2.24, 2.45) is 0 Å². The Labute approximate surface area is 95.0 Å². The third kappa shape index (κ3) is 1.61. The highest BCUT2D eigenvalue weighted by Gasteiger charge is 2.30. The van der Waals surface area contributed by atoms with Crippen molar-refractivity contribution in [2.45, 2.75) is 38.3 Å². The number of hydrogen-bond acceptors (Lipinski definition) is 2. The molecule has 0 unspecified atom stereocenters. The molecule has 3 nitrogen and oxygen atoms in total. The molecule has 3 heteroatoms. The van der Waals surface area contributed by atoms with E-state index in [9.17, 15) is 4.79 Å². The second-order valence-electron chi connectivity index (χ2n) is 4.51. The first-order valence-electron chi connectivity index (χ1n) is 5.91. The molecule has 1 aliphatic carbocycles. The number of rotatable bonds is 2. The number of amides is 1. The van der Waals surface area contributed by atoms with E-state index in [4.69, 9.17) is 4.84 Å². The molecule has 1 saturated carbocycles. The summed E-state index contributed by atoms with van der Waals surface area (Å²) in [6.45, 7) is 0.603. The second kappa shape index (κ2) is 3.91. The molecule has 16 heavy (non-hydrogen) atoms. The third-order valence-electron chi connectivity index (χ3n) is 3.37. The van der Waals surface area contributed by atoms with Crippen LogP contribution in [0.1, 0.15) is 41.6 Å². The van der Waals surface area contributed by atoms with Crippen LogP contribution in [0.5, 0.6) is 0 Å². The highest BCUT2D eigenvalue weighted by atomic mass is 16.7. The molecular weight excluding hydrogens is 202 g/mol. The van der Waals surface area contributed by atoms with E-state index >= 15 is 0 Å². The Bertz CT molecular complexity index is 410. The van der Waals surface area contributed by atoms with Gasteiger partial charge < -0.3 is 0 Å². The summed E-state index contributed by atoms with van der Waals surface area (Å²) in [5.74, 6) is 0.0162. The quantitative estimate of drug-likeness (QED) is 0.761. The minimum Gasteiger partial charge on any atom is -0.267 e. The van der Waals surface area contributed by atoms with Crippen molar-refractivity contribution in [3.63, 3.8) is 0 Å². The normalized spacial score (nSPS) is 20.5. The molecule has 0 bridgehead atoms. The lowest BCUT2D eigenvalue weighted by Gasteiger charge is -2.19. The minimum absolute atomic E-state index is 0.0162. The van der Waals surface area contributed by atoms with E-state index in [1.165, 1.54) is 17.9 Å². The Kier molecular flexibility index (Phi) is 2.40. The van der Waals surface area contributed by atoms with Gasteiger partial charge in [-0.15, -0.1) is 0 Å². The van der Waals surface area contributed by atoms with Gasteiger partial charge in [-0.3, -0.25) is 9.63 Å². The van der Waals surface area contributed by atoms with Gasteiger partial charge in [0.1, 0.15) is 0 Å². The Balaban J connectivity index is 1.74. The van der Waals surface area contributed by atoms with Crippen LogP contribution in [0.25, 0.3) is 0 Å². The maximum atomic E-state index is 12.0. The van der Waals surface area contributed by atoms with Crippen LogP contribution in [0.4, 0.5) is 0 Å². The van der Waals surface area contributed by atoms with Gasteiger partial charge >= 0.3 is 0 Å². The molecule has 1 aromatic rings. The largest absolute Gasteiger partial charge is 0.278 e. The molecule has 0 atom stereocenters. The summed E-state index contributed by atoms with van der Waals surface area (Å²) in [4.78, 5) is 17.7. The molecule has 1 heterocycles. The summed E-state index contributed by atoms with van der Waals surface area (Å²) in [7, 11) is 0. The van der Waals surface area contributed by atoms with E-state index in [2.05, 4.69) is 0 Å². The summed E-state index contributed by atoms with van der Waals surface area (Å²) < 4.78 is 0. The molecule has 0 saturated heterocycles. The standard InChI is InChI=1S/C13H15NO2/c15-13-12-8-4-1-5-10(12)9-14(13)16-11-6-2-3-7-11/h1,4-5,8,11H,2-3,6-7,9H2. The molecule has 0 aromatic heterocycles. The molecule has 1 fully saturated rings. The van der Waals surface area contributed by atoms with Crippen molar-refractivity contribution in [1.29, 1.82) is 0 Å². The number of carbonyl (C=O) groups is 1. The van der Waals surface area contributed by atoms with Crippen molar-refractivity contribution >= 4 is 5.91 Å². The molecule has 0 N–H and O–H groups in total. The van der Waals surface area contributed by atoms with Crippen molar-refractivity contribution in [1.82, 2.24) is 5.06 Å². The molecular formula is C13H15NO2. The monoisotopic (exact) mass is 217 g/mol. The average Bonchev–Trinajstić information content (AvgIpc) is 2.90. The van der Waals surface area contributed by atoms with Crippen LogP contribution in [-0.4, -0.2) is 17.1 Å².